The van der Waals surface area contributed by atoms with Crippen molar-refractivity contribution in [2.75, 3.05) is 6.54 Å². The van der Waals surface area contributed by atoms with E-state index in [1.54, 1.807) is 13.8 Å². The molecule has 0 aromatic rings. The van der Waals surface area contributed by atoms with Crippen molar-refractivity contribution in [3.05, 3.63) is 0 Å². The highest BCUT2D eigenvalue weighted by atomic mass is 16.4. The Bertz CT molecular complexity index is 1480. The lowest BCUT2D eigenvalue weighted by atomic mass is 10.0. The second-order valence-corrected chi connectivity index (χ2v) is 13.5. The van der Waals surface area contributed by atoms with E-state index in [-0.39, 0.29) is 18.8 Å². The molecule has 0 saturated carbocycles. The molecule has 0 spiro atoms. The molecule has 0 aromatic heterocycles. The fraction of sp³-hybridized carbons (Fsp3) is 0.667. The Morgan fingerprint density at radius 1 is 0.509 bits per heavy atom. The predicted molar refractivity (Wildman–Crippen MR) is 195 cm³/mol. The van der Waals surface area contributed by atoms with Crippen LogP contribution in [0.15, 0.2) is 0 Å². The van der Waals surface area contributed by atoms with E-state index in [9.17, 15) is 68.1 Å². The van der Waals surface area contributed by atoms with Crippen LogP contribution in [0.25, 0.3) is 0 Å². The van der Waals surface area contributed by atoms with E-state index in [4.69, 9.17) is 22.3 Å². The fourth-order valence-corrected chi connectivity index (χ4v) is 4.96. The molecular weight excluding hydrogens is 762 g/mol. The van der Waals surface area contributed by atoms with Crippen molar-refractivity contribution in [1.29, 1.82) is 0 Å². The average Bonchev–Trinajstić information content (AvgIpc) is 3.09. The van der Waals surface area contributed by atoms with Crippen molar-refractivity contribution in [2.24, 2.45) is 23.1 Å². The Hall–Kier alpha value is -5.91. The molecule has 0 aliphatic rings. The summed E-state index contributed by atoms with van der Waals surface area (Å²) in [6.45, 7) is 4.81. The molecule has 16 N–H and O–H groups in total. The van der Waals surface area contributed by atoms with Crippen LogP contribution >= 0.6 is 0 Å². The van der Waals surface area contributed by atoms with Crippen molar-refractivity contribution in [1.82, 2.24) is 31.9 Å². The van der Waals surface area contributed by atoms with E-state index in [0.29, 0.717) is 19.4 Å². The number of hydrogen-bond acceptors (Lipinski definition) is 13. The molecule has 0 aliphatic heterocycles. The first kappa shape index (κ1) is 51.1. The largest absolute Gasteiger partial charge is 0.481 e. The standard InChI is InChI=1S/C33H55N9O15/c1-15(2)12-22(33(56)57)42-32(55)21(14-26(48)49)41-31(54)20(13-25(46)47)40-30(53)18(7-9-23(36)43)38-27(50)16(3)37-29(52)19(8-10-24(44)45)39-28(51)17(35)6-4-5-11-34/h15-22H,4-14,34-35H2,1-3H3,(H2,36,43)(H,37,52)(H,38,50)(H,39,51)(H,40,53)(H,41,54)(H,42,55)(H,44,45)(H,46,47)(H,48,49)(H,56,57)/t16-,17-,18-,19-,20-,21-,22-/m0/s1. The van der Waals surface area contributed by atoms with E-state index < -0.39 is 146 Å². The fourth-order valence-electron chi connectivity index (χ4n) is 4.96. The van der Waals surface area contributed by atoms with E-state index in [2.05, 4.69) is 26.6 Å². The molecule has 24 heteroatoms. The van der Waals surface area contributed by atoms with Crippen LogP contribution in [0, 0.1) is 5.92 Å². The second kappa shape index (κ2) is 26.0. The number of carbonyl (C=O) groups is 11. The molecule has 0 saturated heterocycles. The van der Waals surface area contributed by atoms with Gasteiger partial charge in [0.2, 0.25) is 41.4 Å². The third-order valence-electron chi connectivity index (χ3n) is 8.00. The number of hydrogen-bond donors (Lipinski definition) is 13. The average molecular weight is 818 g/mol. The van der Waals surface area contributed by atoms with Crippen LogP contribution in [0.2, 0.25) is 0 Å². The summed E-state index contributed by atoms with van der Waals surface area (Å²) < 4.78 is 0. The second-order valence-electron chi connectivity index (χ2n) is 13.5. The minimum atomic E-state index is -2.03. The van der Waals surface area contributed by atoms with Crippen LogP contribution in [0.3, 0.4) is 0 Å². The molecule has 24 nitrogen and oxygen atoms in total. The monoisotopic (exact) mass is 817 g/mol. The summed E-state index contributed by atoms with van der Waals surface area (Å²) in [7, 11) is 0. The number of primary amides is 1. The molecule has 0 radical (unpaired) electrons. The summed E-state index contributed by atoms with van der Waals surface area (Å²) in [5.41, 5.74) is 16.5. The zero-order valence-corrected chi connectivity index (χ0v) is 31.9. The summed E-state index contributed by atoms with van der Waals surface area (Å²) in [6.07, 6.45) is -3.04. The quantitative estimate of drug-likeness (QED) is 0.0317. The number of carbonyl (C=O) groups excluding carboxylic acids is 7. The summed E-state index contributed by atoms with van der Waals surface area (Å²) in [5, 5.41) is 50.4. The number of rotatable bonds is 29. The van der Waals surface area contributed by atoms with Gasteiger partial charge in [0.15, 0.2) is 0 Å². The molecule has 0 rings (SSSR count). The molecule has 0 aromatic carbocycles. The third-order valence-corrected chi connectivity index (χ3v) is 8.00. The highest BCUT2D eigenvalue weighted by Crippen LogP contribution is 2.08. The molecule has 7 atom stereocenters. The predicted octanol–water partition coefficient (Wildman–Crippen LogP) is -4.42. The van der Waals surface area contributed by atoms with Gasteiger partial charge in [-0.1, -0.05) is 20.3 Å². The van der Waals surface area contributed by atoms with Gasteiger partial charge in [-0.25, -0.2) is 4.79 Å². The first-order valence-electron chi connectivity index (χ1n) is 17.9. The Kier molecular flexibility index (Phi) is 23.3. The maximum Gasteiger partial charge on any atom is 0.326 e. The zero-order valence-electron chi connectivity index (χ0n) is 31.9. The Balaban J connectivity index is 6.14. The van der Waals surface area contributed by atoms with Gasteiger partial charge < -0.3 is 69.5 Å². The van der Waals surface area contributed by atoms with Crippen LogP contribution < -0.4 is 49.1 Å². The van der Waals surface area contributed by atoms with Crippen LogP contribution in [0.4, 0.5) is 0 Å². The number of unbranched alkanes of at least 4 members (excludes halogenated alkanes) is 1. The van der Waals surface area contributed by atoms with E-state index in [1.165, 1.54) is 0 Å². The lowest BCUT2D eigenvalue weighted by Gasteiger charge is -2.26. The normalized spacial score (nSPS) is 14.6. The topological polar surface area (TPSA) is 419 Å². The lowest BCUT2D eigenvalue weighted by molar-refractivity contribution is -0.145. The highest BCUT2D eigenvalue weighted by Gasteiger charge is 2.34. The molecule has 7 amide bonds. The number of amides is 7. The number of nitrogens with two attached hydrogens (primary N) is 3. The first-order valence-corrected chi connectivity index (χ1v) is 17.9. The zero-order chi connectivity index (χ0) is 44.0. The number of carboxylic acids is 4. The molecular formula is C33H55N9O15. The SMILES string of the molecule is CC(C)C[C@H](NC(=O)[C@H](CC(=O)O)NC(=O)[C@H](CC(=O)O)NC(=O)[C@H](CCC(N)=O)NC(=O)[C@H](C)NC(=O)[C@H](CCC(=O)O)NC(=O)[C@@H](N)CCCCN)C(=O)O. The molecule has 322 valence electrons. The van der Waals surface area contributed by atoms with Gasteiger partial charge in [0, 0.05) is 12.8 Å². The number of carboxylic acid groups (broad SMARTS) is 4. The highest BCUT2D eigenvalue weighted by molar-refractivity contribution is 5.98. The minimum absolute atomic E-state index is 0.0697. The van der Waals surface area contributed by atoms with Crippen molar-refractivity contribution in [2.45, 2.75) is 127 Å². The first-order chi connectivity index (χ1) is 26.5. The Morgan fingerprint density at radius 2 is 0.930 bits per heavy atom. The van der Waals surface area contributed by atoms with Crippen LogP contribution in [-0.4, -0.2) is 134 Å². The van der Waals surface area contributed by atoms with Crippen molar-refractivity contribution in [3.8, 4) is 0 Å². The van der Waals surface area contributed by atoms with E-state index in [1.807, 2.05) is 5.32 Å². The van der Waals surface area contributed by atoms with Gasteiger partial charge in [0.25, 0.3) is 0 Å². The Labute approximate surface area is 327 Å². The van der Waals surface area contributed by atoms with E-state index in [0.717, 1.165) is 6.92 Å². The van der Waals surface area contributed by atoms with Gasteiger partial charge >= 0.3 is 23.9 Å². The molecule has 57 heavy (non-hydrogen) atoms. The molecule has 0 aliphatic carbocycles. The summed E-state index contributed by atoms with van der Waals surface area (Å²) in [5.74, 6) is -14.0. The van der Waals surface area contributed by atoms with Crippen LogP contribution in [-0.2, 0) is 52.7 Å². The van der Waals surface area contributed by atoms with E-state index >= 15 is 0 Å². The summed E-state index contributed by atoms with van der Waals surface area (Å²) >= 11 is 0. The van der Waals surface area contributed by atoms with Gasteiger partial charge in [-0.05, 0) is 51.5 Å². The maximum absolute atomic E-state index is 13.4. The number of nitrogens with one attached hydrogen (secondary N) is 6. The van der Waals surface area contributed by atoms with Gasteiger partial charge in [-0.2, -0.15) is 0 Å². The Morgan fingerprint density at radius 3 is 1.35 bits per heavy atom. The smallest absolute Gasteiger partial charge is 0.326 e. The minimum Gasteiger partial charge on any atom is -0.481 e. The number of aliphatic carboxylic acids is 4. The molecule has 0 unspecified atom stereocenters. The molecule has 0 bridgehead atoms. The van der Waals surface area contributed by atoms with Crippen molar-refractivity contribution in [3.63, 3.8) is 0 Å². The van der Waals surface area contributed by atoms with Crippen molar-refractivity contribution < 1.29 is 73.2 Å². The summed E-state index contributed by atoms with van der Waals surface area (Å²) in [6, 6.07) is -11.2. The molecule has 0 fully saturated rings. The van der Waals surface area contributed by atoms with Gasteiger partial charge in [0.05, 0.1) is 18.9 Å². The third kappa shape index (κ3) is 21.7. The van der Waals surface area contributed by atoms with Crippen molar-refractivity contribution >= 4 is 65.2 Å². The van der Waals surface area contributed by atoms with Gasteiger partial charge in [-0.3, -0.25) is 47.9 Å². The van der Waals surface area contributed by atoms with Crippen LogP contribution in [0.5, 0.6) is 0 Å². The van der Waals surface area contributed by atoms with Crippen LogP contribution in [0.1, 0.15) is 85.0 Å². The van der Waals surface area contributed by atoms with Gasteiger partial charge in [0.1, 0.15) is 36.3 Å². The maximum atomic E-state index is 13.4. The molecule has 0 heterocycles. The lowest BCUT2D eigenvalue weighted by Crippen LogP contribution is -2.60. The summed E-state index contributed by atoms with van der Waals surface area (Å²) in [4.78, 5) is 136. The van der Waals surface area contributed by atoms with Gasteiger partial charge in [-0.15, -0.1) is 0 Å².